The SMILES string of the molecule is CS(=O)(=O)Nc1cccc(CNC(=O)c2cn(-c3ccccc3)nc2-c2cccnc2)c1. The van der Waals surface area contributed by atoms with Crippen molar-refractivity contribution in [3.63, 3.8) is 0 Å². The molecule has 0 bridgehead atoms. The fraction of sp³-hybridized carbons (Fsp3) is 0.0870. The van der Waals surface area contributed by atoms with Crippen molar-refractivity contribution in [2.24, 2.45) is 0 Å². The molecule has 0 fully saturated rings. The van der Waals surface area contributed by atoms with Gasteiger partial charge < -0.3 is 5.32 Å². The van der Waals surface area contributed by atoms with E-state index in [1.54, 1.807) is 47.5 Å². The van der Waals surface area contributed by atoms with E-state index in [-0.39, 0.29) is 12.5 Å². The highest BCUT2D eigenvalue weighted by Crippen LogP contribution is 2.23. The monoisotopic (exact) mass is 447 g/mol. The molecule has 162 valence electrons. The molecule has 0 aliphatic carbocycles. The summed E-state index contributed by atoms with van der Waals surface area (Å²) in [7, 11) is -3.38. The van der Waals surface area contributed by atoms with Gasteiger partial charge in [0.15, 0.2) is 0 Å². The lowest BCUT2D eigenvalue weighted by Gasteiger charge is -2.08. The number of nitrogens with one attached hydrogen (secondary N) is 2. The number of anilines is 1. The average molecular weight is 448 g/mol. The Kier molecular flexibility index (Phi) is 6.00. The molecule has 0 saturated heterocycles. The van der Waals surface area contributed by atoms with E-state index in [1.165, 1.54) is 0 Å². The largest absolute Gasteiger partial charge is 0.348 e. The molecule has 0 atom stereocenters. The molecular formula is C23H21N5O3S. The molecule has 8 nitrogen and oxygen atoms in total. The molecule has 2 heterocycles. The number of hydrogen-bond acceptors (Lipinski definition) is 5. The van der Waals surface area contributed by atoms with Gasteiger partial charge in [-0.15, -0.1) is 0 Å². The van der Waals surface area contributed by atoms with Gasteiger partial charge in [-0.2, -0.15) is 5.10 Å². The molecule has 9 heteroatoms. The summed E-state index contributed by atoms with van der Waals surface area (Å²) >= 11 is 0. The van der Waals surface area contributed by atoms with Crippen LogP contribution >= 0.6 is 0 Å². The van der Waals surface area contributed by atoms with Gasteiger partial charge >= 0.3 is 0 Å². The zero-order valence-electron chi connectivity index (χ0n) is 17.3. The zero-order chi connectivity index (χ0) is 22.6. The van der Waals surface area contributed by atoms with Crippen LogP contribution < -0.4 is 10.0 Å². The number of benzene rings is 2. The van der Waals surface area contributed by atoms with Gasteiger partial charge in [0.1, 0.15) is 5.69 Å². The predicted octanol–water partition coefficient (Wildman–Crippen LogP) is 3.24. The molecule has 2 aromatic carbocycles. The highest BCUT2D eigenvalue weighted by atomic mass is 32.2. The minimum absolute atomic E-state index is 0.223. The van der Waals surface area contributed by atoms with Gasteiger partial charge in [0.05, 0.1) is 17.5 Å². The normalized spacial score (nSPS) is 11.2. The van der Waals surface area contributed by atoms with Crippen molar-refractivity contribution in [1.82, 2.24) is 20.1 Å². The minimum Gasteiger partial charge on any atom is -0.348 e. The third-order valence-electron chi connectivity index (χ3n) is 4.60. The lowest BCUT2D eigenvalue weighted by Crippen LogP contribution is -2.23. The maximum Gasteiger partial charge on any atom is 0.255 e. The Morgan fingerprint density at radius 1 is 1.03 bits per heavy atom. The van der Waals surface area contributed by atoms with Crippen LogP contribution in [0.3, 0.4) is 0 Å². The molecule has 0 saturated carbocycles. The van der Waals surface area contributed by atoms with Gasteiger partial charge in [-0.1, -0.05) is 30.3 Å². The molecule has 4 aromatic rings. The number of carbonyl (C=O) groups excluding carboxylic acids is 1. The summed E-state index contributed by atoms with van der Waals surface area (Å²) in [4.78, 5) is 17.2. The molecule has 0 aliphatic rings. The Hall–Kier alpha value is -3.98. The first-order chi connectivity index (χ1) is 15.4. The Morgan fingerprint density at radius 2 is 1.84 bits per heavy atom. The first kappa shape index (κ1) is 21.3. The maximum atomic E-state index is 13.1. The van der Waals surface area contributed by atoms with Gasteiger partial charge in [-0.3, -0.25) is 14.5 Å². The van der Waals surface area contributed by atoms with Crippen molar-refractivity contribution in [3.05, 3.63) is 96.4 Å². The second-order valence-corrected chi connectivity index (χ2v) is 8.92. The van der Waals surface area contributed by atoms with E-state index < -0.39 is 10.0 Å². The van der Waals surface area contributed by atoms with Crippen LogP contribution in [0, 0.1) is 0 Å². The van der Waals surface area contributed by atoms with E-state index in [0.29, 0.717) is 16.9 Å². The van der Waals surface area contributed by atoms with Crippen LogP contribution in [-0.2, 0) is 16.6 Å². The molecule has 0 unspecified atom stereocenters. The molecule has 32 heavy (non-hydrogen) atoms. The van der Waals surface area contributed by atoms with Gasteiger partial charge in [0.2, 0.25) is 10.0 Å². The van der Waals surface area contributed by atoms with E-state index >= 15 is 0 Å². The summed E-state index contributed by atoms with van der Waals surface area (Å²) in [6.07, 6.45) is 6.10. The van der Waals surface area contributed by atoms with Crippen LogP contribution in [0.1, 0.15) is 15.9 Å². The Labute approximate surface area is 186 Å². The third-order valence-corrected chi connectivity index (χ3v) is 5.20. The van der Waals surface area contributed by atoms with Crippen LogP contribution in [0.4, 0.5) is 5.69 Å². The molecule has 2 aromatic heterocycles. The highest BCUT2D eigenvalue weighted by Gasteiger charge is 2.19. The van der Waals surface area contributed by atoms with Crippen molar-refractivity contribution >= 4 is 21.6 Å². The number of para-hydroxylation sites is 1. The van der Waals surface area contributed by atoms with Crippen LogP contribution in [0.5, 0.6) is 0 Å². The van der Waals surface area contributed by atoms with Gasteiger partial charge in [-0.25, -0.2) is 13.1 Å². The smallest absolute Gasteiger partial charge is 0.255 e. The number of nitrogens with zero attached hydrogens (tertiary/aromatic N) is 3. The van der Waals surface area contributed by atoms with Crippen molar-refractivity contribution in [2.45, 2.75) is 6.54 Å². The van der Waals surface area contributed by atoms with Crippen molar-refractivity contribution < 1.29 is 13.2 Å². The molecular weight excluding hydrogens is 426 g/mol. The van der Waals surface area contributed by atoms with E-state index in [9.17, 15) is 13.2 Å². The number of rotatable bonds is 7. The van der Waals surface area contributed by atoms with Crippen LogP contribution in [0.2, 0.25) is 0 Å². The van der Waals surface area contributed by atoms with Crippen LogP contribution in [0.25, 0.3) is 16.9 Å². The first-order valence-corrected chi connectivity index (χ1v) is 11.7. The van der Waals surface area contributed by atoms with E-state index in [4.69, 9.17) is 0 Å². The molecule has 0 spiro atoms. The Balaban J connectivity index is 1.59. The van der Waals surface area contributed by atoms with Gasteiger partial charge in [-0.05, 0) is 42.0 Å². The Morgan fingerprint density at radius 3 is 2.56 bits per heavy atom. The fourth-order valence-electron chi connectivity index (χ4n) is 3.21. The lowest BCUT2D eigenvalue weighted by atomic mass is 10.1. The zero-order valence-corrected chi connectivity index (χ0v) is 18.1. The number of carbonyl (C=O) groups is 1. The second kappa shape index (κ2) is 9.03. The summed E-state index contributed by atoms with van der Waals surface area (Å²) < 4.78 is 27.0. The number of sulfonamides is 1. The number of pyridine rings is 1. The lowest BCUT2D eigenvalue weighted by molar-refractivity contribution is 0.0951. The molecule has 0 radical (unpaired) electrons. The van der Waals surface area contributed by atoms with Crippen LogP contribution in [-0.4, -0.2) is 35.3 Å². The summed E-state index contributed by atoms with van der Waals surface area (Å²) in [5.74, 6) is -0.299. The summed E-state index contributed by atoms with van der Waals surface area (Å²) in [5, 5.41) is 7.51. The minimum atomic E-state index is -3.38. The number of amides is 1. The summed E-state index contributed by atoms with van der Waals surface area (Å²) in [6.45, 7) is 0.223. The number of aromatic nitrogens is 3. The molecule has 1 amide bonds. The third kappa shape index (κ3) is 5.19. The van der Waals surface area contributed by atoms with Crippen molar-refractivity contribution in [1.29, 1.82) is 0 Å². The summed E-state index contributed by atoms with van der Waals surface area (Å²) in [6, 6.07) is 20.0. The predicted molar refractivity (Wildman–Crippen MR) is 123 cm³/mol. The average Bonchev–Trinajstić information content (AvgIpc) is 3.23. The molecule has 2 N–H and O–H groups in total. The maximum absolute atomic E-state index is 13.1. The topological polar surface area (TPSA) is 106 Å². The van der Waals surface area contributed by atoms with E-state index in [2.05, 4.69) is 20.1 Å². The molecule has 0 aliphatic heterocycles. The first-order valence-electron chi connectivity index (χ1n) is 9.79. The standard InChI is InChI=1S/C23H21N5O3S/c1-32(30,31)27-19-9-5-7-17(13-19)14-25-23(29)21-16-28(20-10-3-2-4-11-20)26-22(21)18-8-6-12-24-15-18/h2-13,15-16,27H,14H2,1H3,(H,25,29). The van der Waals surface area contributed by atoms with Crippen LogP contribution in [0.15, 0.2) is 85.3 Å². The van der Waals surface area contributed by atoms with Gasteiger partial charge in [0, 0.05) is 36.4 Å². The van der Waals surface area contributed by atoms with Crippen molar-refractivity contribution in [2.75, 3.05) is 11.0 Å². The number of hydrogen-bond donors (Lipinski definition) is 2. The van der Waals surface area contributed by atoms with E-state index in [1.807, 2.05) is 42.5 Å². The Bertz CT molecular complexity index is 1340. The second-order valence-electron chi connectivity index (χ2n) is 7.17. The fourth-order valence-corrected chi connectivity index (χ4v) is 3.76. The van der Waals surface area contributed by atoms with Crippen molar-refractivity contribution in [3.8, 4) is 16.9 Å². The van der Waals surface area contributed by atoms with E-state index in [0.717, 1.165) is 23.1 Å². The summed E-state index contributed by atoms with van der Waals surface area (Å²) in [5.41, 5.74) is 3.68. The highest BCUT2D eigenvalue weighted by molar-refractivity contribution is 7.92. The quantitative estimate of drug-likeness (QED) is 0.452. The van der Waals surface area contributed by atoms with Gasteiger partial charge in [0.25, 0.3) is 5.91 Å². The molecule has 4 rings (SSSR count).